The topological polar surface area (TPSA) is 94.2 Å². The SMILES string of the molecule is CC=Cc1cc(C(=O)NC2CCN(S(=O)(=O)c3ccc(OC)cc3)CC2)cc(OC)c1OC. The van der Waals surface area contributed by atoms with Gasteiger partial charge in [-0.25, -0.2) is 8.42 Å². The summed E-state index contributed by atoms with van der Waals surface area (Å²) in [6, 6.07) is 9.61. The Labute approximate surface area is 195 Å². The number of amides is 1. The fourth-order valence-corrected chi connectivity index (χ4v) is 5.30. The van der Waals surface area contributed by atoms with E-state index in [1.807, 2.05) is 19.1 Å². The highest BCUT2D eigenvalue weighted by atomic mass is 32.2. The van der Waals surface area contributed by atoms with Crippen LogP contribution >= 0.6 is 0 Å². The minimum absolute atomic E-state index is 0.127. The molecule has 1 fully saturated rings. The number of nitrogens with zero attached hydrogens (tertiary/aromatic N) is 1. The van der Waals surface area contributed by atoms with E-state index in [2.05, 4.69) is 5.32 Å². The van der Waals surface area contributed by atoms with Gasteiger partial charge < -0.3 is 19.5 Å². The molecule has 1 N–H and O–H groups in total. The maximum atomic E-state index is 12.9. The van der Waals surface area contributed by atoms with Crippen molar-refractivity contribution in [3.63, 3.8) is 0 Å². The van der Waals surface area contributed by atoms with Crippen molar-refractivity contribution >= 4 is 22.0 Å². The molecule has 3 rings (SSSR count). The number of nitrogens with one attached hydrogen (secondary N) is 1. The molecule has 1 aliphatic heterocycles. The largest absolute Gasteiger partial charge is 0.497 e. The van der Waals surface area contributed by atoms with Crippen LogP contribution in [-0.4, -0.2) is 59.1 Å². The highest BCUT2D eigenvalue weighted by Gasteiger charge is 2.30. The molecule has 1 amide bonds. The first-order valence-electron chi connectivity index (χ1n) is 10.7. The second-order valence-electron chi connectivity index (χ2n) is 7.63. The standard InChI is InChI=1S/C24H30N2O6S/c1-5-6-17-15-18(16-22(31-3)23(17)32-4)24(27)25-19-11-13-26(14-12-19)33(28,29)21-9-7-20(30-2)8-10-21/h5-10,15-16,19H,11-14H2,1-4H3,(H,25,27). The zero-order chi connectivity index (χ0) is 24.0. The maximum Gasteiger partial charge on any atom is 0.251 e. The minimum Gasteiger partial charge on any atom is -0.497 e. The zero-order valence-corrected chi connectivity index (χ0v) is 20.1. The van der Waals surface area contributed by atoms with E-state index in [0.717, 1.165) is 5.56 Å². The van der Waals surface area contributed by atoms with Crippen LogP contribution in [0.4, 0.5) is 0 Å². The van der Waals surface area contributed by atoms with Gasteiger partial charge in [0, 0.05) is 30.3 Å². The number of allylic oxidation sites excluding steroid dienone is 1. The molecule has 1 aliphatic rings. The molecule has 0 aromatic heterocycles. The van der Waals surface area contributed by atoms with Crippen LogP contribution in [0.3, 0.4) is 0 Å². The normalized spacial score (nSPS) is 15.4. The van der Waals surface area contributed by atoms with E-state index >= 15 is 0 Å². The Bertz CT molecular complexity index is 1100. The molecule has 0 unspecified atom stereocenters. The van der Waals surface area contributed by atoms with Gasteiger partial charge in [-0.3, -0.25) is 4.79 Å². The molecule has 2 aromatic rings. The first kappa shape index (κ1) is 24.6. The number of benzene rings is 2. The molecule has 0 radical (unpaired) electrons. The van der Waals surface area contributed by atoms with E-state index in [4.69, 9.17) is 14.2 Å². The van der Waals surface area contributed by atoms with Gasteiger partial charge >= 0.3 is 0 Å². The van der Waals surface area contributed by atoms with Crippen molar-refractivity contribution in [1.82, 2.24) is 9.62 Å². The van der Waals surface area contributed by atoms with Gasteiger partial charge in [-0.2, -0.15) is 4.31 Å². The van der Waals surface area contributed by atoms with Crippen LogP contribution in [0.15, 0.2) is 47.4 Å². The molecule has 1 heterocycles. The molecule has 0 saturated carbocycles. The maximum absolute atomic E-state index is 12.9. The van der Waals surface area contributed by atoms with Crippen molar-refractivity contribution in [3.8, 4) is 17.2 Å². The number of methoxy groups -OCH3 is 3. The number of hydrogen-bond acceptors (Lipinski definition) is 6. The van der Waals surface area contributed by atoms with Gasteiger partial charge in [0.05, 0.1) is 26.2 Å². The molecule has 0 bridgehead atoms. The van der Waals surface area contributed by atoms with Crippen LogP contribution < -0.4 is 19.5 Å². The molecule has 0 aliphatic carbocycles. The van der Waals surface area contributed by atoms with E-state index < -0.39 is 10.0 Å². The third-order valence-electron chi connectivity index (χ3n) is 5.60. The lowest BCUT2D eigenvalue weighted by atomic mass is 10.0. The quantitative estimate of drug-likeness (QED) is 0.631. The summed E-state index contributed by atoms with van der Waals surface area (Å²) >= 11 is 0. The summed E-state index contributed by atoms with van der Waals surface area (Å²) in [6.07, 6.45) is 4.75. The molecule has 0 atom stereocenters. The second-order valence-corrected chi connectivity index (χ2v) is 9.57. The predicted octanol–water partition coefficient (Wildman–Crippen LogP) is 3.33. The van der Waals surface area contributed by atoms with E-state index in [-0.39, 0.29) is 16.8 Å². The van der Waals surface area contributed by atoms with Gasteiger partial charge in [-0.1, -0.05) is 12.2 Å². The van der Waals surface area contributed by atoms with Crippen molar-refractivity contribution in [3.05, 3.63) is 53.6 Å². The molecular weight excluding hydrogens is 444 g/mol. The molecule has 8 nitrogen and oxygen atoms in total. The van der Waals surface area contributed by atoms with Gasteiger partial charge in [0.1, 0.15) is 5.75 Å². The number of hydrogen-bond donors (Lipinski definition) is 1. The van der Waals surface area contributed by atoms with Crippen LogP contribution in [0.5, 0.6) is 17.2 Å². The van der Waals surface area contributed by atoms with E-state index in [0.29, 0.717) is 48.7 Å². The number of sulfonamides is 1. The Hall–Kier alpha value is -3.04. The zero-order valence-electron chi connectivity index (χ0n) is 19.3. The van der Waals surface area contributed by atoms with Crippen molar-refractivity contribution in [1.29, 1.82) is 0 Å². The van der Waals surface area contributed by atoms with E-state index in [9.17, 15) is 13.2 Å². The molecule has 33 heavy (non-hydrogen) atoms. The van der Waals surface area contributed by atoms with Gasteiger partial charge in [0.25, 0.3) is 5.91 Å². The number of ether oxygens (including phenoxy) is 3. The summed E-state index contributed by atoms with van der Waals surface area (Å²) in [4.78, 5) is 13.2. The van der Waals surface area contributed by atoms with Crippen LogP contribution in [0.2, 0.25) is 0 Å². The third kappa shape index (κ3) is 5.48. The fourth-order valence-electron chi connectivity index (χ4n) is 3.83. The van der Waals surface area contributed by atoms with Gasteiger partial charge in [-0.05, 0) is 56.2 Å². The van der Waals surface area contributed by atoms with Gasteiger partial charge in [0.15, 0.2) is 11.5 Å². The number of carbonyl (C=O) groups is 1. The van der Waals surface area contributed by atoms with Crippen LogP contribution in [0.25, 0.3) is 6.08 Å². The predicted molar refractivity (Wildman–Crippen MR) is 126 cm³/mol. The lowest BCUT2D eigenvalue weighted by molar-refractivity contribution is 0.0923. The molecule has 0 spiro atoms. The number of rotatable bonds is 8. The van der Waals surface area contributed by atoms with Crippen molar-refractivity contribution in [2.24, 2.45) is 0 Å². The van der Waals surface area contributed by atoms with Crippen LogP contribution in [-0.2, 0) is 10.0 Å². The number of carbonyl (C=O) groups excluding carboxylic acids is 1. The molecule has 9 heteroatoms. The molecule has 1 saturated heterocycles. The van der Waals surface area contributed by atoms with Crippen LogP contribution in [0, 0.1) is 0 Å². The summed E-state index contributed by atoms with van der Waals surface area (Å²) in [5.74, 6) is 1.39. The lowest BCUT2D eigenvalue weighted by Gasteiger charge is -2.31. The van der Waals surface area contributed by atoms with Crippen molar-refractivity contribution < 1.29 is 27.4 Å². The molecule has 2 aromatic carbocycles. The first-order chi connectivity index (χ1) is 15.8. The Balaban J connectivity index is 1.67. The van der Waals surface area contributed by atoms with Crippen LogP contribution in [0.1, 0.15) is 35.7 Å². The van der Waals surface area contributed by atoms with Crippen molar-refractivity contribution in [2.75, 3.05) is 34.4 Å². The highest BCUT2D eigenvalue weighted by molar-refractivity contribution is 7.89. The summed E-state index contributed by atoms with van der Waals surface area (Å²) in [6.45, 7) is 2.54. The van der Waals surface area contributed by atoms with E-state index in [1.165, 1.54) is 18.5 Å². The average molecular weight is 475 g/mol. The summed E-state index contributed by atoms with van der Waals surface area (Å²) in [5, 5.41) is 3.02. The van der Waals surface area contributed by atoms with Crippen molar-refractivity contribution in [2.45, 2.75) is 30.7 Å². The van der Waals surface area contributed by atoms with E-state index in [1.54, 1.807) is 43.5 Å². The highest BCUT2D eigenvalue weighted by Crippen LogP contribution is 2.33. The molecular formula is C24H30N2O6S. The third-order valence-corrected chi connectivity index (χ3v) is 7.52. The summed E-state index contributed by atoms with van der Waals surface area (Å²) in [7, 11) is 1.02. The average Bonchev–Trinajstić information content (AvgIpc) is 2.84. The number of piperidine rings is 1. The Morgan fingerprint density at radius 3 is 2.24 bits per heavy atom. The monoisotopic (exact) mass is 474 g/mol. The summed E-state index contributed by atoms with van der Waals surface area (Å²) < 4.78 is 43.2. The fraction of sp³-hybridized carbons (Fsp3) is 0.375. The first-order valence-corrected chi connectivity index (χ1v) is 12.1. The Morgan fingerprint density at radius 2 is 1.70 bits per heavy atom. The Kier molecular flexibility index (Phi) is 7.99. The Morgan fingerprint density at radius 1 is 1.03 bits per heavy atom. The van der Waals surface area contributed by atoms with Gasteiger partial charge in [0.2, 0.25) is 10.0 Å². The minimum atomic E-state index is -3.59. The molecule has 178 valence electrons. The lowest BCUT2D eigenvalue weighted by Crippen LogP contribution is -2.46. The smallest absolute Gasteiger partial charge is 0.251 e. The second kappa shape index (κ2) is 10.7. The van der Waals surface area contributed by atoms with Gasteiger partial charge in [-0.15, -0.1) is 0 Å². The summed E-state index contributed by atoms with van der Waals surface area (Å²) in [5.41, 5.74) is 1.19.